The van der Waals surface area contributed by atoms with Crippen LogP contribution in [0.5, 0.6) is 0 Å². The normalized spacial score (nSPS) is 10.6. The molecule has 1 aromatic heterocycles. The molecule has 4 nitrogen and oxygen atoms in total. The third-order valence-corrected chi connectivity index (χ3v) is 2.98. The van der Waals surface area contributed by atoms with Gasteiger partial charge in [0, 0.05) is 11.3 Å². The van der Waals surface area contributed by atoms with Crippen molar-refractivity contribution in [1.82, 2.24) is 4.98 Å². The second kappa shape index (κ2) is 4.57. The van der Waals surface area contributed by atoms with Crippen molar-refractivity contribution in [2.45, 2.75) is 6.92 Å². The van der Waals surface area contributed by atoms with Crippen LogP contribution >= 0.6 is 0 Å². The minimum Gasteiger partial charge on any atom is -0.436 e. The van der Waals surface area contributed by atoms with Crippen molar-refractivity contribution < 1.29 is 9.21 Å². The molecule has 1 amide bonds. The van der Waals surface area contributed by atoms with Crippen LogP contribution in [-0.4, -0.2) is 11.4 Å². The maximum absolute atomic E-state index is 10.5. The summed E-state index contributed by atoms with van der Waals surface area (Å²) in [6.07, 6.45) is 0.668. The van der Waals surface area contributed by atoms with Crippen molar-refractivity contribution in [3.8, 4) is 11.5 Å². The number of anilines is 1. The van der Waals surface area contributed by atoms with Crippen molar-refractivity contribution in [2.75, 3.05) is 5.32 Å². The van der Waals surface area contributed by atoms with Crippen molar-refractivity contribution >= 4 is 23.2 Å². The minimum atomic E-state index is 0.585. The Hall–Kier alpha value is -2.62. The van der Waals surface area contributed by atoms with E-state index >= 15 is 0 Å². The zero-order chi connectivity index (χ0) is 13.2. The molecule has 0 fully saturated rings. The van der Waals surface area contributed by atoms with E-state index in [-0.39, 0.29) is 0 Å². The number of aromatic nitrogens is 1. The van der Waals surface area contributed by atoms with E-state index in [1.807, 2.05) is 49.4 Å². The molecule has 3 rings (SSSR count). The molecule has 1 heterocycles. The van der Waals surface area contributed by atoms with E-state index in [4.69, 9.17) is 4.42 Å². The Morgan fingerprint density at radius 2 is 2.05 bits per heavy atom. The highest BCUT2D eigenvalue weighted by Gasteiger charge is 2.08. The SMILES string of the molecule is Cc1cc(-c2nc3ccccc3o2)ccc1NC=O. The van der Waals surface area contributed by atoms with Gasteiger partial charge in [-0.05, 0) is 42.8 Å². The van der Waals surface area contributed by atoms with E-state index in [2.05, 4.69) is 10.3 Å². The van der Waals surface area contributed by atoms with Crippen LogP contribution in [0.4, 0.5) is 5.69 Å². The van der Waals surface area contributed by atoms with Crippen molar-refractivity contribution in [1.29, 1.82) is 0 Å². The number of hydrogen-bond acceptors (Lipinski definition) is 3. The lowest BCUT2D eigenvalue weighted by molar-refractivity contribution is -0.105. The number of carbonyl (C=O) groups is 1. The van der Waals surface area contributed by atoms with Gasteiger partial charge in [0.05, 0.1) is 0 Å². The zero-order valence-electron chi connectivity index (χ0n) is 10.4. The van der Waals surface area contributed by atoms with Gasteiger partial charge in [-0.2, -0.15) is 0 Å². The largest absolute Gasteiger partial charge is 0.436 e. The van der Waals surface area contributed by atoms with Crippen molar-refractivity contribution in [2.24, 2.45) is 0 Å². The Morgan fingerprint density at radius 3 is 2.79 bits per heavy atom. The van der Waals surface area contributed by atoms with Crippen LogP contribution in [0.3, 0.4) is 0 Å². The van der Waals surface area contributed by atoms with Crippen molar-refractivity contribution in [3.63, 3.8) is 0 Å². The first-order chi connectivity index (χ1) is 9.28. The van der Waals surface area contributed by atoms with Gasteiger partial charge in [0.2, 0.25) is 12.3 Å². The van der Waals surface area contributed by atoms with Gasteiger partial charge in [-0.3, -0.25) is 4.79 Å². The van der Waals surface area contributed by atoms with Gasteiger partial charge in [-0.25, -0.2) is 4.98 Å². The zero-order valence-corrected chi connectivity index (χ0v) is 10.4. The summed E-state index contributed by atoms with van der Waals surface area (Å²) in [5.41, 5.74) is 4.25. The predicted octanol–water partition coefficient (Wildman–Crippen LogP) is 3.37. The fraction of sp³-hybridized carbons (Fsp3) is 0.0667. The number of rotatable bonds is 3. The number of fused-ring (bicyclic) bond motifs is 1. The molecule has 2 aromatic carbocycles. The van der Waals surface area contributed by atoms with Crippen LogP contribution < -0.4 is 5.32 Å². The monoisotopic (exact) mass is 252 g/mol. The number of oxazole rings is 1. The highest BCUT2D eigenvalue weighted by molar-refractivity contribution is 5.78. The van der Waals surface area contributed by atoms with Crippen LogP contribution in [0.1, 0.15) is 5.56 Å². The van der Waals surface area contributed by atoms with E-state index < -0.39 is 0 Å². The molecule has 19 heavy (non-hydrogen) atoms. The third-order valence-electron chi connectivity index (χ3n) is 2.98. The Kier molecular flexibility index (Phi) is 2.76. The molecular weight excluding hydrogens is 240 g/mol. The Bertz CT molecular complexity index is 714. The van der Waals surface area contributed by atoms with Gasteiger partial charge in [0.15, 0.2) is 5.58 Å². The van der Waals surface area contributed by atoms with Gasteiger partial charge in [0.1, 0.15) is 5.52 Å². The molecule has 0 aliphatic heterocycles. The summed E-state index contributed by atoms with van der Waals surface area (Å²) in [6.45, 7) is 1.93. The highest BCUT2D eigenvalue weighted by atomic mass is 16.3. The number of aryl methyl sites for hydroxylation is 1. The fourth-order valence-electron chi connectivity index (χ4n) is 2.02. The molecule has 4 heteroatoms. The number of para-hydroxylation sites is 2. The van der Waals surface area contributed by atoms with Crippen LogP contribution in [0, 0.1) is 6.92 Å². The van der Waals surface area contributed by atoms with Crippen LogP contribution in [0.15, 0.2) is 46.9 Å². The minimum absolute atomic E-state index is 0.585. The van der Waals surface area contributed by atoms with Gasteiger partial charge in [-0.15, -0.1) is 0 Å². The molecular formula is C15H12N2O2. The maximum Gasteiger partial charge on any atom is 0.227 e. The molecule has 0 radical (unpaired) electrons. The summed E-state index contributed by atoms with van der Waals surface area (Å²) < 4.78 is 5.71. The van der Waals surface area contributed by atoms with E-state index in [9.17, 15) is 4.79 Å². The van der Waals surface area contributed by atoms with Gasteiger partial charge in [0.25, 0.3) is 0 Å². The number of amides is 1. The summed E-state index contributed by atoms with van der Waals surface area (Å²) in [7, 11) is 0. The summed E-state index contributed by atoms with van der Waals surface area (Å²) in [5, 5.41) is 2.65. The summed E-state index contributed by atoms with van der Waals surface area (Å²) in [5.74, 6) is 0.585. The Balaban J connectivity index is 2.06. The number of benzene rings is 2. The molecule has 0 aliphatic rings. The van der Waals surface area contributed by atoms with E-state index in [1.54, 1.807) is 0 Å². The molecule has 0 spiro atoms. The first-order valence-electron chi connectivity index (χ1n) is 5.95. The second-order valence-corrected chi connectivity index (χ2v) is 4.28. The lowest BCUT2D eigenvalue weighted by Gasteiger charge is -2.04. The summed E-state index contributed by atoms with van der Waals surface area (Å²) in [4.78, 5) is 14.9. The average molecular weight is 252 g/mol. The molecule has 0 saturated carbocycles. The topological polar surface area (TPSA) is 55.1 Å². The molecule has 0 bridgehead atoms. The molecule has 0 unspecified atom stereocenters. The Labute approximate surface area is 110 Å². The standard InChI is InChI=1S/C15H12N2O2/c1-10-8-11(6-7-12(10)16-9-18)15-17-13-4-2-3-5-14(13)19-15/h2-9H,1H3,(H,16,18). The van der Waals surface area contributed by atoms with E-state index in [0.29, 0.717) is 12.3 Å². The van der Waals surface area contributed by atoms with E-state index in [0.717, 1.165) is 27.9 Å². The fourth-order valence-corrected chi connectivity index (χ4v) is 2.02. The quantitative estimate of drug-likeness (QED) is 0.727. The van der Waals surface area contributed by atoms with Crippen molar-refractivity contribution in [3.05, 3.63) is 48.0 Å². The lowest BCUT2D eigenvalue weighted by Crippen LogP contribution is -1.96. The predicted molar refractivity (Wildman–Crippen MR) is 73.9 cm³/mol. The van der Waals surface area contributed by atoms with Gasteiger partial charge in [-0.1, -0.05) is 12.1 Å². The lowest BCUT2D eigenvalue weighted by atomic mass is 10.1. The first-order valence-corrected chi connectivity index (χ1v) is 5.95. The first kappa shape index (κ1) is 11.5. The highest BCUT2D eigenvalue weighted by Crippen LogP contribution is 2.27. The van der Waals surface area contributed by atoms with Crippen LogP contribution in [0.25, 0.3) is 22.6 Å². The Morgan fingerprint density at radius 1 is 1.21 bits per heavy atom. The third kappa shape index (κ3) is 2.08. The van der Waals surface area contributed by atoms with Crippen LogP contribution in [0.2, 0.25) is 0 Å². The maximum atomic E-state index is 10.5. The second-order valence-electron chi connectivity index (χ2n) is 4.28. The number of nitrogens with zero attached hydrogens (tertiary/aromatic N) is 1. The van der Waals surface area contributed by atoms with Gasteiger partial charge >= 0.3 is 0 Å². The molecule has 0 atom stereocenters. The van der Waals surface area contributed by atoms with Gasteiger partial charge < -0.3 is 9.73 Å². The number of hydrogen-bond donors (Lipinski definition) is 1. The molecule has 0 saturated heterocycles. The number of carbonyl (C=O) groups excluding carboxylic acids is 1. The molecule has 0 aliphatic carbocycles. The summed E-state index contributed by atoms with van der Waals surface area (Å²) in [6, 6.07) is 13.3. The van der Waals surface area contributed by atoms with E-state index in [1.165, 1.54) is 0 Å². The van der Waals surface area contributed by atoms with Crippen LogP contribution in [-0.2, 0) is 4.79 Å². The molecule has 1 N–H and O–H groups in total. The molecule has 3 aromatic rings. The average Bonchev–Trinajstić information content (AvgIpc) is 2.85. The molecule has 94 valence electrons. The number of nitrogens with one attached hydrogen (secondary N) is 1. The smallest absolute Gasteiger partial charge is 0.227 e. The summed E-state index contributed by atoms with van der Waals surface area (Å²) >= 11 is 0.